The summed E-state index contributed by atoms with van der Waals surface area (Å²) in [6, 6.07) is -0.582. The van der Waals surface area contributed by atoms with Crippen molar-refractivity contribution in [2.24, 2.45) is 0 Å². The van der Waals surface area contributed by atoms with Crippen LogP contribution < -0.4 is 5.32 Å². The standard InChI is InChI=1S/C14H23N3O4/c1-14(2)12(20)17(13(21)15-14)8-6-11(19)16-7-4-3-5-10(16)9-18/h10,18H,3-9H2,1-2H3,(H,15,21). The van der Waals surface area contributed by atoms with Crippen molar-refractivity contribution in [2.45, 2.75) is 51.1 Å². The first-order valence-corrected chi connectivity index (χ1v) is 7.41. The first-order valence-electron chi connectivity index (χ1n) is 7.41. The molecule has 2 heterocycles. The summed E-state index contributed by atoms with van der Waals surface area (Å²) in [7, 11) is 0. The van der Waals surface area contributed by atoms with Crippen LogP contribution in [0, 0.1) is 0 Å². The Bertz CT molecular complexity index is 450. The SMILES string of the molecule is CC1(C)NC(=O)N(CCC(=O)N2CCCCC2CO)C1=O. The van der Waals surface area contributed by atoms with E-state index >= 15 is 0 Å². The molecule has 21 heavy (non-hydrogen) atoms. The largest absolute Gasteiger partial charge is 0.394 e. The number of carbonyl (C=O) groups is 3. The van der Waals surface area contributed by atoms with Crippen LogP contribution in [0.25, 0.3) is 0 Å². The number of carbonyl (C=O) groups excluding carboxylic acids is 3. The van der Waals surface area contributed by atoms with Gasteiger partial charge < -0.3 is 15.3 Å². The minimum atomic E-state index is -0.904. The maximum Gasteiger partial charge on any atom is 0.325 e. The normalized spacial score (nSPS) is 25.2. The third kappa shape index (κ3) is 3.18. The average molecular weight is 297 g/mol. The minimum Gasteiger partial charge on any atom is -0.394 e. The van der Waals surface area contributed by atoms with E-state index in [1.807, 2.05) is 0 Å². The van der Waals surface area contributed by atoms with Gasteiger partial charge in [0.05, 0.1) is 12.6 Å². The molecule has 0 aromatic rings. The fraction of sp³-hybridized carbons (Fsp3) is 0.786. The Labute approximate surface area is 124 Å². The molecule has 0 saturated carbocycles. The Morgan fingerprint density at radius 3 is 2.67 bits per heavy atom. The van der Waals surface area contributed by atoms with Gasteiger partial charge in [0.1, 0.15) is 5.54 Å². The summed E-state index contributed by atoms with van der Waals surface area (Å²) in [6.07, 6.45) is 2.85. The monoisotopic (exact) mass is 297 g/mol. The summed E-state index contributed by atoms with van der Waals surface area (Å²) in [5.74, 6) is -0.420. The molecular formula is C14H23N3O4. The first kappa shape index (κ1) is 15.8. The van der Waals surface area contributed by atoms with Crippen molar-refractivity contribution in [3.63, 3.8) is 0 Å². The fourth-order valence-electron chi connectivity index (χ4n) is 2.89. The van der Waals surface area contributed by atoms with Gasteiger partial charge in [0.2, 0.25) is 5.91 Å². The van der Waals surface area contributed by atoms with Crippen molar-refractivity contribution >= 4 is 17.8 Å². The highest BCUT2D eigenvalue weighted by Crippen LogP contribution is 2.19. The highest BCUT2D eigenvalue weighted by Gasteiger charge is 2.44. The van der Waals surface area contributed by atoms with Gasteiger partial charge in [0.25, 0.3) is 5.91 Å². The van der Waals surface area contributed by atoms with E-state index < -0.39 is 11.6 Å². The maximum atomic E-state index is 12.2. The van der Waals surface area contributed by atoms with E-state index in [9.17, 15) is 19.5 Å². The number of piperidine rings is 1. The lowest BCUT2D eigenvalue weighted by atomic mass is 10.0. The number of rotatable bonds is 4. The Hall–Kier alpha value is -1.63. The molecule has 0 aromatic heterocycles. The Morgan fingerprint density at radius 2 is 2.10 bits per heavy atom. The summed E-state index contributed by atoms with van der Waals surface area (Å²) < 4.78 is 0. The van der Waals surface area contributed by atoms with Crippen molar-refractivity contribution in [1.29, 1.82) is 0 Å². The van der Waals surface area contributed by atoms with Crippen LogP contribution in [-0.2, 0) is 9.59 Å². The van der Waals surface area contributed by atoms with Crippen LogP contribution in [0.4, 0.5) is 4.79 Å². The number of hydrogen-bond acceptors (Lipinski definition) is 4. The highest BCUT2D eigenvalue weighted by molar-refractivity contribution is 6.06. The number of amides is 4. The Morgan fingerprint density at radius 1 is 1.38 bits per heavy atom. The number of nitrogens with one attached hydrogen (secondary N) is 1. The van der Waals surface area contributed by atoms with Crippen molar-refractivity contribution in [2.75, 3.05) is 19.7 Å². The number of likely N-dealkylation sites (tertiary alicyclic amines) is 1. The summed E-state index contributed by atoms with van der Waals surface area (Å²) in [5.41, 5.74) is -0.904. The maximum absolute atomic E-state index is 12.2. The van der Waals surface area contributed by atoms with Gasteiger partial charge in [-0.2, -0.15) is 0 Å². The van der Waals surface area contributed by atoms with Gasteiger partial charge in [-0.3, -0.25) is 14.5 Å². The summed E-state index contributed by atoms with van der Waals surface area (Å²) >= 11 is 0. The van der Waals surface area contributed by atoms with Gasteiger partial charge in [-0.25, -0.2) is 4.79 Å². The molecule has 0 radical (unpaired) electrons. The van der Waals surface area contributed by atoms with Crippen LogP contribution in [0.15, 0.2) is 0 Å². The van der Waals surface area contributed by atoms with Crippen molar-refractivity contribution in [3.8, 4) is 0 Å². The molecule has 0 aliphatic carbocycles. The molecule has 2 saturated heterocycles. The molecule has 2 rings (SSSR count). The second-order valence-corrected chi connectivity index (χ2v) is 6.18. The molecule has 0 spiro atoms. The summed E-state index contributed by atoms with van der Waals surface area (Å²) in [4.78, 5) is 38.8. The van der Waals surface area contributed by atoms with Gasteiger partial charge >= 0.3 is 6.03 Å². The molecule has 7 nitrogen and oxygen atoms in total. The zero-order valence-electron chi connectivity index (χ0n) is 12.6. The van der Waals surface area contributed by atoms with Crippen LogP contribution in [-0.4, -0.2) is 64.0 Å². The van der Waals surface area contributed by atoms with Crippen LogP contribution >= 0.6 is 0 Å². The van der Waals surface area contributed by atoms with Crippen LogP contribution in [0.5, 0.6) is 0 Å². The quantitative estimate of drug-likeness (QED) is 0.719. The zero-order valence-corrected chi connectivity index (χ0v) is 12.6. The second-order valence-electron chi connectivity index (χ2n) is 6.18. The molecule has 2 aliphatic rings. The Balaban J connectivity index is 1.92. The lowest BCUT2D eigenvalue weighted by Crippen LogP contribution is -2.47. The van der Waals surface area contributed by atoms with E-state index in [2.05, 4.69) is 5.32 Å². The number of aliphatic hydroxyl groups is 1. The van der Waals surface area contributed by atoms with E-state index in [0.717, 1.165) is 24.2 Å². The summed E-state index contributed by atoms with van der Waals surface area (Å²) in [5, 5.41) is 11.9. The second kappa shape index (κ2) is 6.01. The number of urea groups is 1. The van der Waals surface area contributed by atoms with Crippen molar-refractivity contribution in [1.82, 2.24) is 15.1 Å². The molecule has 2 N–H and O–H groups in total. The van der Waals surface area contributed by atoms with Gasteiger partial charge in [-0.15, -0.1) is 0 Å². The van der Waals surface area contributed by atoms with Crippen LogP contribution in [0.1, 0.15) is 39.5 Å². The van der Waals surface area contributed by atoms with E-state index in [0.29, 0.717) is 6.54 Å². The molecule has 2 aliphatic heterocycles. The summed E-state index contributed by atoms with van der Waals surface area (Å²) in [6.45, 7) is 3.96. The van der Waals surface area contributed by atoms with E-state index in [1.54, 1.807) is 18.7 Å². The Kier molecular flexibility index (Phi) is 4.51. The zero-order chi connectivity index (χ0) is 15.6. The van der Waals surface area contributed by atoms with Gasteiger partial charge in [0.15, 0.2) is 0 Å². The predicted octanol–water partition coefficient (Wildman–Crippen LogP) is 0.0803. The van der Waals surface area contributed by atoms with Gasteiger partial charge in [0, 0.05) is 19.5 Å². The molecule has 4 amide bonds. The molecule has 7 heteroatoms. The number of imide groups is 1. The van der Waals surface area contributed by atoms with Crippen LogP contribution in [0.3, 0.4) is 0 Å². The minimum absolute atomic E-state index is 0.0398. The van der Waals surface area contributed by atoms with Gasteiger partial charge in [-0.1, -0.05) is 0 Å². The van der Waals surface area contributed by atoms with Crippen molar-refractivity contribution < 1.29 is 19.5 Å². The molecule has 2 fully saturated rings. The lowest BCUT2D eigenvalue weighted by molar-refractivity contribution is -0.137. The number of nitrogens with zero attached hydrogens (tertiary/aromatic N) is 2. The smallest absolute Gasteiger partial charge is 0.325 e. The molecule has 1 unspecified atom stereocenters. The van der Waals surface area contributed by atoms with Gasteiger partial charge in [-0.05, 0) is 33.1 Å². The van der Waals surface area contributed by atoms with E-state index in [4.69, 9.17) is 0 Å². The number of hydrogen-bond donors (Lipinski definition) is 2. The molecule has 0 aromatic carbocycles. The topological polar surface area (TPSA) is 90.0 Å². The molecule has 1 atom stereocenters. The number of aliphatic hydroxyl groups excluding tert-OH is 1. The molecular weight excluding hydrogens is 274 g/mol. The average Bonchev–Trinajstić information content (AvgIpc) is 2.65. The van der Waals surface area contributed by atoms with Crippen LogP contribution in [0.2, 0.25) is 0 Å². The van der Waals surface area contributed by atoms with E-state index in [-0.39, 0.29) is 37.4 Å². The molecule has 0 bridgehead atoms. The fourth-order valence-corrected chi connectivity index (χ4v) is 2.89. The van der Waals surface area contributed by atoms with Crippen molar-refractivity contribution in [3.05, 3.63) is 0 Å². The third-order valence-corrected chi connectivity index (χ3v) is 4.15. The van der Waals surface area contributed by atoms with E-state index in [1.165, 1.54) is 0 Å². The third-order valence-electron chi connectivity index (χ3n) is 4.15. The highest BCUT2D eigenvalue weighted by atomic mass is 16.3. The lowest BCUT2D eigenvalue weighted by Gasteiger charge is -2.35. The molecule has 118 valence electrons. The predicted molar refractivity (Wildman–Crippen MR) is 75.4 cm³/mol. The first-order chi connectivity index (χ1) is 9.86.